The second kappa shape index (κ2) is 8.38. The molecule has 102 valence electrons. The largest absolute Gasteiger partial charge is 0.497 e. The van der Waals surface area contributed by atoms with E-state index in [2.05, 4.69) is 35.1 Å². The fraction of sp³-hybridized carbons (Fsp3) is 0.571. The molecular weight excluding hydrogens is 294 g/mol. The Morgan fingerprint density at radius 2 is 2.11 bits per heavy atom. The van der Waals surface area contributed by atoms with Gasteiger partial charge in [-0.25, -0.2) is 0 Å². The molecule has 0 heterocycles. The van der Waals surface area contributed by atoms with Crippen LogP contribution in [0.1, 0.15) is 26.7 Å². The minimum absolute atomic E-state index is 0.208. The third-order valence-electron chi connectivity index (χ3n) is 2.67. The molecule has 0 aliphatic carbocycles. The zero-order valence-corrected chi connectivity index (χ0v) is 12.9. The predicted octanol–water partition coefficient (Wildman–Crippen LogP) is 3.61. The highest BCUT2D eigenvalue weighted by atomic mass is 79.9. The Labute approximate surface area is 118 Å². The highest BCUT2D eigenvalue weighted by molar-refractivity contribution is 9.10. The molecule has 0 aliphatic rings. The molecule has 4 heteroatoms. The van der Waals surface area contributed by atoms with E-state index in [0.29, 0.717) is 0 Å². The van der Waals surface area contributed by atoms with Crippen LogP contribution in [-0.4, -0.2) is 26.3 Å². The maximum Gasteiger partial charge on any atom is 0.134 e. The van der Waals surface area contributed by atoms with Crippen LogP contribution >= 0.6 is 15.9 Å². The lowest BCUT2D eigenvalue weighted by atomic mass is 10.2. The van der Waals surface area contributed by atoms with Crippen LogP contribution in [0.25, 0.3) is 0 Å². The maximum absolute atomic E-state index is 6.02. The van der Waals surface area contributed by atoms with Crippen molar-refractivity contribution >= 4 is 15.9 Å². The third-order valence-corrected chi connectivity index (χ3v) is 3.29. The van der Waals surface area contributed by atoms with Gasteiger partial charge in [0.25, 0.3) is 0 Å². The average molecular weight is 316 g/mol. The molecule has 3 nitrogen and oxygen atoms in total. The van der Waals surface area contributed by atoms with Crippen molar-refractivity contribution < 1.29 is 9.47 Å². The molecule has 0 radical (unpaired) electrons. The lowest BCUT2D eigenvalue weighted by Gasteiger charge is -2.20. The van der Waals surface area contributed by atoms with Gasteiger partial charge in [0.05, 0.1) is 11.6 Å². The van der Waals surface area contributed by atoms with Gasteiger partial charge in [-0.3, -0.25) is 0 Å². The summed E-state index contributed by atoms with van der Waals surface area (Å²) in [5, 5.41) is 3.33. The number of rotatable bonds is 8. The second-order valence-corrected chi connectivity index (χ2v) is 4.99. The minimum atomic E-state index is 0.208. The molecule has 0 aromatic heterocycles. The van der Waals surface area contributed by atoms with Gasteiger partial charge in [-0.1, -0.05) is 20.3 Å². The van der Waals surface area contributed by atoms with Crippen molar-refractivity contribution in [2.24, 2.45) is 0 Å². The molecule has 0 spiro atoms. The number of likely N-dealkylation sites (N-methyl/N-ethyl adjacent to an activating group) is 1. The van der Waals surface area contributed by atoms with Crippen molar-refractivity contribution in [3.63, 3.8) is 0 Å². The zero-order chi connectivity index (χ0) is 13.4. The standard InChI is InChI=1S/C14H22BrNO2/c1-4-6-12(10-16-5-2)18-14-8-7-11(17-3)9-13(14)15/h7-9,12,16H,4-6,10H2,1-3H3. The van der Waals surface area contributed by atoms with E-state index in [9.17, 15) is 0 Å². The lowest BCUT2D eigenvalue weighted by Crippen LogP contribution is -2.31. The van der Waals surface area contributed by atoms with Gasteiger partial charge >= 0.3 is 0 Å². The Balaban J connectivity index is 2.67. The summed E-state index contributed by atoms with van der Waals surface area (Å²) in [5.74, 6) is 1.69. The van der Waals surface area contributed by atoms with E-state index in [1.54, 1.807) is 7.11 Å². The van der Waals surface area contributed by atoms with Crippen molar-refractivity contribution in [2.75, 3.05) is 20.2 Å². The van der Waals surface area contributed by atoms with Gasteiger partial charge in [-0.15, -0.1) is 0 Å². The number of benzene rings is 1. The molecule has 1 N–H and O–H groups in total. The van der Waals surface area contributed by atoms with Crippen molar-refractivity contribution in [3.8, 4) is 11.5 Å². The van der Waals surface area contributed by atoms with Gasteiger partial charge < -0.3 is 14.8 Å². The van der Waals surface area contributed by atoms with E-state index in [-0.39, 0.29) is 6.10 Å². The molecule has 0 bridgehead atoms. The Kier molecular flexibility index (Phi) is 7.13. The minimum Gasteiger partial charge on any atom is -0.497 e. The molecule has 18 heavy (non-hydrogen) atoms. The summed E-state index contributed by atoms with van der Waals surface area (Å²) in [6.45, 7) is 6.12. The van der Waals surface area contributed by atoms with E-state index in [0.717, 1.165) is 41.9 Å². The fourth-order valence-corrected chi connectivity index (χ4v) is 2.16. The molecular formula is C14H22BrNO2. The highest BCUT2D eigenvalue weighted by Gasteiger charge is 2.11. The predicted molar refractivity (Wildman–Crippen MR) is 78.6 cm³/mol. The number of ether oxygens (including phenoxy) is 2. The molecule has 0 amide bonds. The summed E-state index contributed by atoms with van der Waals surface area (Å²) >= 11 is 3.51. The normalized spacial score (nSPS) is 12.2. The summed E-state index contributed by atoms with van der Waals surface area (Å²) < 4.78 is 12.1. The van der Waals surface area contributed by atoms with Gasteiger partial charge in [0.2, 0.25) is 0 Å². The monoisotopic (exact) mass is 315 g/mol. The number of nitrogens with one attached hydrogen (secondary N) is 1. The van der Waals surface area contributed by atoms with Crippen LogP contribution in [0, 0.1) is 0 Å². The Hall–Kier alpha value is -0.740. The average Bonchev–Trinajstić information content (AvgIpc) is 2.38. The van der Waals surface area contributed by atoms with Crippen LogP contribution in [0.5, 0.6) is 11.5 Å². The fourth-order valence-electron chi connectivity index (χ4n) is 1.71. The van der Waals surface area contributed by atoms with Crippen LogP contribution in [-0.2, 0) is 0 Å². The van der Waals surface area contributed by atoms with Gasteiger partial charge in [0.15, 0.2) is 0 Å². The summed E-state index contributed by atoms with van der Waals surface area (Å²) in [7, 11) is 1.66. The van der Waals surface area contributed by atoms with E-state index in [1.807, 2.05) is 18.2 Å². The summed E-state index contributed by atoms with van der Waals surface area (Å²) in [6.07, 6.45) is 2.37. The van der Waals surface area contributed by atoms with Crippen LogP contribution in [0.3, 0.4) is 0 Å². The Morgan fingerprint density at radius 3 is 2.67 bits per heavy atom. The summed E-state index contributed by atoms with van der Waals surface area (Å²) in [6, 6.07) is 5.78. The summed E-state index contributed by atoms with van der Waals surface area (Å²) in [4.78, 5) is 0. The lowest BCUT2D eigenvalue weighted by molar-refractivity contribution is 0.186. The SMILES string of the molecule is CCCC(CNCC)Oc1ccc(OC)cc1Br. The van der Waals surface area contributed by atoms with Gasteiger partial charge in [0.1, 0.15) is 17.6 Å². The molecule has 0 saturated carbocycles. The van der Waals surface area contributed by atoms with Crippen LogP contribution in [0.2, 0.25) is 0 Å². The zero-order valence-electron chi connectivity index (χ0n) is 11.3. The number of hydrogen-bond acceptors (Lipinski definition) is 3. The third kappa shape index (κ3) is 4.86. The molecule has 1 aromatic carbocycles. The van der Waals surface area contributed by atoms with Crippen molar-refractivity contribution in [1.29, 1.82) is 0 Å². The topological polar surface area (TPSA) is 30.5 Å². The first-order valence-corrected chi connectivity index (χ1v) is 7.21. The first kappa shape index (κ1) is 15.3. The van der Waals surface area contributed by atoms with E-state index < -0.39 is 0 Å². The number of halogens is 1. The van der Waals surface area contributed by atoms with Crippen LogP contribution in [0.4, 0.5) is 0 Å². The molecule has 1 rings (SSSR count). The summed E-state index contributed by atoms with van der Waals surface area (Å²) in [5.41, 5.74) is 0. The molecule has 0 fully saturated rings. The van der Waals surface area contributed by atoms with Crippen molar-refractivity contribution in [2.45, 2.75) is 32.8 Å². The maximum atomic E-state index is 6.02. The van der Waals surface area contributed by atoms with Crippen LogP contribution in [0.15, 0.2) is 22.7 Å². The van der Waals surface area contributed by atoms with Gasteiger partial charge in [-0.2, -0.15) is 0 Å². The van der Waals surface area contributed by atoms with Gasteiger partial charge in [-0.05, 0) is 47.1 Å². The highest BCUT2D eigenvalue weighted by Crippen LogP contribution is 2.30. The quantitative estimate of drug-likeness (QED) is 0.795. The Morgan fingerprint density at radius 1 is 1.33 bits per heavy atom. The molecule has 0 saturated heterocycles. The van der Waals surface area contributed by atoms with Crippen LogP contribution < -0.4 is 14.8 Å². The molecule has 1 atom stereocenters. The van der Waals surface area contributed by atoms with E-state index >= 15 is 0 Å². The van der Waals surface area contributed by atoms with Crippen molar-refractivity contribution in [1.82, 2.24) is 5.32 Å². The Bertz CT molecular complexity index is 358. The number of hydrogen-bond donors (Lipinski definition) is 1. The van der Waals surface area contributed by atoms with Gasteiger partial charge in [0, 0.05) is 6.54 Å². The molecule has 1 unspecified atom stereocenters. The molecule has 0 aliphatic heterocycles. The first-order valence-electron chi connectivity index (χ1n) is 6.42. The second-order valence-electron chi connectivity index (χ2n) is 4.13. The smallest absolute Gasteiger partial charge is 0.134 e. The molecule has 1 aromatic rings. The van der Waals surface area contributed by atoms with E-state index in [1.165, 1.54) is 0 Å². The van der Waals surface area contributed by atoms with E-state index in [4.69, 9.17) is 9.47 Å². The number of methoxy groups -OCH3 is 1. The van der Waals surface area contributed by atoms with Crippen molar-refractivity contribution in [3.05, 3.63) is 22.7 Å². The first-order chi connectivity index (χ1) is 8.71.